The predicted octanol–water partition coefficient (Wildman–Crippen LogP) is 3.98. The van der Waals surface area contributed by atoms with Gasteiger partial charge in [-0.05, 0) is 37.6 Å². The van der Waals surface area contributed by atoms with Gasteiger partial charge in [0.2, 0.25) is 0 Å². The highest BCUT2D eigenvalue weighted by Crippen LogP contribution is 2.32. The Labute approximate surface area is 181 Å². The Kier molecular flexibility index (Phi) is 6.62. The van der Waals surface area contributed by atoms with Gasteiger partial charge in [-0.2, -0.15) is 0 Å². The lowest BCUT2D eigenvalue weighted by Crippen LogP contribution is -2.39. The number of nitrogens with zero attached hydrogens (tertiary/aromatic N) is 3. The highest BCUT2D eigenvalue weighted by molar-refractivity contribution is 7.22. The van der Waals surface area contributed by atoms with E-state index in [0.29, 0.717) is 12.1 Å². The van der Waals surface area contributed by atoms with Crippen molar-refractivity contribution in [2.24, 2.45) is 0 Å². The van der Waals surface area contributed by atoms with E-state index in [0.717, 1.165) is 65.9 Å². The van der Waals surface area contributed by atoms with Gasteiger partial charge in [0.25, 0.3) is 5.91 Å². The first-order valence-corrected chi connectivity index (χ1v) is 11.1. The lowest BCUT2D eigenvalue weighted by atomic mass is 10.1. The van der Waals surface area contributed by atoms with Crippen LogP contribution in [0.15, 0.2) is 42.5 Å². The van der Waals surface area contributed by atoms with Gasteiger partial charge in [-0.1, -0.05) is 29.0 Å². The van der Waals surface area contributed by atoms with E-state index in [2.05, 4.69) is 4.90 Å². The average molecular weight is 426 g/mol. The van der Waals surface area contributed by atoms with Gasteiger partial charge in [0, 0.05) is 37.8 Å². The van der Waals surface area contributed by atoms with Gasteiger partial charge in [-0.15, -0.1) is 0 Å². The molecule has 2 heterocycles. The van der Waals surface area contributed by atoms with Gasteiger partial charge >= 0.3 is 0 Å². The molecule has 158 valence electrons. The molecule has 7 heteroatoms. The van der Waals surface area contributed by atoms with Gasteiger partial charge < -0.3 is 9.47 Å². The number of amides is 1. The Balaban J connectivity index is 1.57. The van der Waals surface area contributed by atoms with Crippen molar-refractivity contribution in [1.82, 2.24) is 9.88 Å². The van der Waals surface area contributed by atoms with E-state index >= 15 is 0 Å². The molecule has 0 saturated carbocycles. The summed E-state index contributed by atoms with van der Waals surface area (Å²) in [5, 5.41) is 0.728. The highest BCUT2D eigenvalue weighted by Gasteiger charge is 2.22. The number of thiazole rings is 1. The van der Waals surface area contributed by atoms with Gasteiger partial charge in [0.1, 0.15) is 5.75 Å². The van der Waals surface area contributed by atoms with E-state index in [1.807, 2.05) is 54.3 Å². The molecule has 4 rings (SSSR count). The first-order valence-electron chi connectivity index (χ1n) is 10.3. The lowest BCUT2D eigenvalue weighted by molar-refractivity contribution is 0.0376. The molecule has 1 aliphatic rings. The van der Waals surface area contributed by atoms with Crippen LogP contribution in [0.4, 0.5) is 5.13 Å². The van der Waals surface area contributed by atoms with Crippen LogP contribution in [0, 0.1) is 6.92 Å². The monoisotopic (exact) mass is 425 g/mol. The van der Waals surface area contributed by atoms with E-state index in [4.69, 9.17) is 14.5 Å². The molecule has 1 amide bonds. The van der Waals surface area contributed by atoms with E-state index in [1.165, 1.54) is 0 Å². The number of carbonyl (C=O) groups is 1. The third kappa shape index (κ3) is 4.80. The second-order valence-electron chi connectivity index (χ2n) is 7.46. The Morgan fingerprint density at radius 3 is 2.70 bits per heavy atom. The number of hydrogen-bond acceptors (Lipinski definition) is 6. The standard InChI is InChI=1S/C23H27N3O3S/c1-17-4-6-18(7-5-17)22(27)26(11-3-10-25-12-14-29-15-13-25)23-24-20-16-19(28-2)8-9-21(20)30-23/h4-9,16H,3,10-15H2,1-2H3. The molecule has 1 fully saturated rings. The fourth-order valence-corrected chi connectivity index (χ4v) is 4.52. The average Bonchev–Trinajstić information content (AvgIpc) is 3.20. The third-order valence-electron chi connectivity index (χ3n) is 5.32. The van der Waals surface area contributed by atoms with E-state index in [-0.39, 0.29) is 5.91 Å². The molecule has 30 heavy (non-hydrogen) atoms. The molecule has 1 aliphatic heterocycles. The molecule has 0 aliphatic carbocycles. The molecule has 0 unspecified atom stereocenters. The summed E-state index contributed by atoms with van der Waals surface area (Å²) < 4.78 is 11.8. The third-order valence-corrected chi connectivity index (χ3v) is 6.38. The number of anilines is 1. The van der Waals surface area contributed by atoms with Crippen molar-refractivity contribution < 1.29 is 14.3 Å². The van der Waals surface area contributed by atoms with Crippen molar-refractivity contribution in [2.45, 2.75) is 13.3 Å². The smallest absolute Gasteiger partial charge is 0.260 e. The number of morpholine rings is 1. The van der Waals surface area contributed by atoms with Crippen molar-refractivity contribution in [3.05, 3.63) is 53.6 Å². The Hall–Kier alpha value is -2.48. The molecule has 0 radical (unpaired) electrons. The normalized spacial score (nSPS) is 14.7. The molecule has 0 atom stereocenters. The van der Waals surface area contributed by atoms with E-state index < -0.39 is 0 Å². The number of methoxy groups -OCH3 is 1. The molecular weight excluding hydrogens is 398 g/mol. The minimum atomic E-state index is -0.0111. The zero-order valence-corrected chi connectivity index (χ0v) is 18.3. The van der Waals surface area contributed by atoms with Crippen molar-refractivity contribution >= 4 is 32.6 Å². The van der Waals surface area contributed by atoms with Crippen molar-refractivity contribution in [3.63, 3.8) is 0 Å². The minimum Gasteiger partial charge on any atom is -0.497 e. The van der Waals surface area contributed by atoms with Gasteiger partial charge in [0.15, 0.2) is 5.13 Å². The maximum atomic E-state index is 13.4. The summed E-state index contributed by atoms with van der Waals surface area (Å²) in [7, 11) is 1.65. The van der Waals surface area contributed by atoms with Crippen LogP contribution >= 0.6 is 11.3 Å². The molecule has 3 aromatic rings. The van der Waals surface area contributed by atoms with Gasteiger partial charge in [-0.25, -0.2) is 4.98 Å². The largest absolute Gasteiger partial charge is 0.497 e. The summed E-state index contributed by atoms with van der Waals surface area (Å²) in [6, 6.07) is 13.6. The molecule has 0 N–H and O–H groups in total. The van der Waals surface area contributed by atoms with Crippen molar-refractivity contribution in [2.75, 3.05) is 51.4 Å². The molecule has 6 nitrogen and oxygen atoms in total. The van der Waals surface area contributed by atoms with Crippen LogP contribution in [0.2, 0.25) is 0 Å². The quantitative estimate of drug-likeness (QED) is 0.573. The Morgan fingerprint density at radius 1 is 1.20 bits per heavy atom. The van der Waals surface area contributed by atoms with Crippen LogP contribution in [0.1, 0.15) is 22.3 Å². The maximum absolute atomic E-state index is 13.4. The number of hydrogen-bond donors (Lipinski definition) is 0. The van der Waals surface area contributed by atoms with Crippen LogP contribution in [0.25, 0.3) is 10.2 Å². The molecule has 1 saturated heterocycles. The number of fused-ring (bicyclic) bond motifs is 1. The van der Waals surface area contributed by atoms with Crippen LogP contribution in [-0.2, 0) is 4.74 Å². The fourth-order valence-electron chi connectivity index (χ4n) is 3.55. The van der Waals surface area contributed by atoms with Crippen LogP contribution in [0.3, 0.4) is 0 Å². The molecule has 0 spiro atoms. The molecular formula is C23H27N3O3S. The maximum Gasteiger partial charge on any atom is 0.260 e. The van der Waals surface area contributed by atoms with Crippen LogP contribution < -0.4 is 9.64 Å². The summed E-state index contributed by atoms with van der Waals surface area (Å²) in [6.07, 6.45) is 0.886. The lowest BCUT2D eigenvalue weighted by Gasteiger charge is -2.27. The summed E-state index contributed by atoms with van der Waals surface area (Å²) >= 11 is 1.54. The number of benzene rings is 2. The summed E-state index contributed by atoms with van der Waals surface area (Å²) in [6.45, 7) is 7.06. The Morgan fingerprint density at radius 2 is 1.97 bits per heavy atom. The molecule has 1 aromatic heterocycles. The van der Waals surface area contributed by atoms with Crippen molar-refractivity contribution in [1.29, 1.82) is 0 Å². The first kappa shape index (κ1) is 20.8. The minimum absolute atomic E-state index is 0.0111. The summed E-state index contributed by atoms with van der Waals surface area (Å²) in [5.74, 6) is 0.756. The number of carbonyl (C=O) groups excluding carboxylic acids is 1. The van der Waals surface area contributed by atoms with E-state index in [1.54, 1.807) is 18.4 Å². The summed E-state index contributed by atoms with van der Waals surface area (Å²) in [5.41, 5.74) is 2.67. The topological polar surface area (TPSA) is 54.9 Å². The molecule has 2 aromatic carbocycles. The van der Waals surface area contributed by atoms with Crippen LogP contribution in [-0.4, -0.2) is 62.3 Å². The highest BCUT2D eigenvalue weighted by atomic mass is 32.1. The molecule has 0 bridgehead atoms. The second kappa shape index (κ2) is 9.55. The number of rotatable bonds is 7. The van der Waals surface area contributed by atoms with E-state index in [9.17, 15) is 4.79 Å². The van der Waals surface area contributed by atoms with Crippen molar-refractivity contribution in [3.8, 4) is 5.75 Å². The van der Waals surface area contributed by atoms with Crippen LogP contribution in [0.5, 0.6) is 5.75 Å². The predicted molar refractivity (Wildman–Crippen MR) is 121 cm³/mol. The Bertz CT molecular complexity index is 997. The zero-order valence-electron chi connectivity index (χ0n) is 17.5. The second-order valence-corrected chi connectivity index (χ2v) is 8.47. The summed E-state index contributed by atoms with van der Waals surface area (Å²) in [4.78, 5) is 22.3. The van der Waals surface area contributed by atoms with Gasteiger partial charge in [0.05, 0.1) is 30.5 Å². The SMILES string of the molecule is COc1ccc2sc(N(CCCN3CCOCC3)C(=O)c3ccc(C)cc3)nc2c1. The fraction of sp³-hybridized carbons (Fsp3) is 0.391. The first-order chi connectivity index (χ1) is 14.6. The zero-order chi connectivity index (χ0) is 20.9. The number of aryl methyl sites for hydroxylation is 1. The number of aromatic nitrogens is 1. The van der Waals surface area contributed by atoms with Gasteiger partial charge in [-0.3, -0.25) is 14.6 Å². The number of ether oxygens (including phenoxy) is 2.